The Bertz CT molecular complexity index is 1080. The third kappa shape index (κ3) is 4.61. The van der Waals surface area contributed by atoms with Crippen LogP contribution in [0.1, 0.15) is 32.1 Å². The number of benzene rings is 2. The van der Waals surface area contributed by atoms with Gasteiger partial charge in [0.05, 0.1) is 16.2 Å². The van der Waals surface area contributed by atoms with Crippen molar-refractivity contribution in [2.75, 3.05) is 11.6 Å². The second kappa shape index (κ2) is 7.62. The molecule has 1 aromatic heterocycles. The van der Waals surface area contributed by atoms with E-state index in [-0.39, 0.29) is 10.5 Å². The number of nitrogens with zero attached hydrogens (tertiary/aromatic N) is 1. The van der Waals surface area contributed by atoms with Gasteiger partial charge in [0.2, 0.25) is 0 Å². The summed E-state index contributed by atoms with van der Waals surface area (Å²) in [6, 6.07) is 14.5. The molecule has 0 fully saturated rings. The lowest BCUT2D eigenvalue weighted by atomic mass is 10.1. The highest BCUT2D eigenvalue weighted by molar-refractivity contribution is 7.90. The lowest BCUT2D eigenvalue weighted by Crippen LogP contribution is -2.15. The van der Waals surface area contributed by atoms with Gasteiger partial charge >= 0.3 is 0 Å². The molecule has 0 aliphatic rings. The number of nitrogens with one attached hydrogen (secondary N) is 1. The first-order valence-corrected chi connectivity index (χ1v) is 11.1. The predicted octanol–water partition coefficient (Wildman–Crippen LogP) is 4.01. The largest absolute Gasteiger partial charge is 0.298 e. The summed E-state index contributed by atoms with van der Waals surface area (Å²) < 4.78 is 23.8. The molecule has 0 unspecified atom stereocenters. The van der Waals surface area contributed by atoms with Gasteiger partial charge in [-0.05, 0) is 31.5 Å². The molecule has 1 N–H and O–H groups in total. The Morgan fingerprint density at radius 3 is 2.41 bits per heavy atom. The van der Waals surface area contributed by atoms with Crippen molar-refractivity contribution in [2.24, 2.45) is 0 Å². The van der Waals surface area contributed by atoms with E-state index in [0.29, 0.717) is 5.13 Å². The number of anilines is 1. The van der Waals surface area contributed by atoms with E-state index in [2.05, 4.69) is 34.6 Å². The fraction of sp³-hybridized carbons (Fsp3) is 0.200. The molecule has 0 aliphatic heterocycles. The molecule has 7 heteroatoms. The number of hydrogen-bond donors (Lipinski definition) is 1. The second-order valence-electron chi connectivity index (χ2n) is 6.41. The Morgan fingerprint density at radius 2 is 1.74 bits per heavy atom. The SMILES string of the molecule is Cc1ccc(Cc2sc(NC(=O)c3ccccc3S(C)(=O)=O)nc2C)cc1. The van der Waals surface area contributed by atoms with Crippen LogP contribution in [0.3, 0.4) is 0 Å². The summed E-state index contributed by atoms with van der Waals surface area (Å²) in [4.78, 5) is 18.1. The zero-order chi connectivity index (χ0) is 19.6. The lowest BCUT2D eigenvalue weighted by Gasteiger charge is -2.06. The summed E-state index contributed by atoms with van der Waals surface area (Å²) in [6.45, 7) is 3.95. The molecule has 3 rings (SSSR count). The molecular weight excluding hydrogens is 380 g/mol. The fourth-order valence-corrected chi connectivity index (χ4v) is 4.56. The summed E-state index contributed by atoms with van der Waals surface area (Å²) >= 11 is 1.40. The highest BCUT2D eigenvalue weighted by Crippen LogP contribution is 2.26. The minimum Gasteiger partial charge on any atom is -0.298 e. The molecule has 1 heterocycles. The third-order valence-electron chi connectivity index (χ3n) is 4.13. The van der Waals surface area contributed by atoms with E-state index < -0.39 is 15.7 Å². The molecule has 0 aliphatic carbocycles. The zero-order valence-corrected chi connectivity index (χ0v) is 16.9. The van der Waals surface area contributed by atoms with Crippen molar-refractivity contribution in [3.63, 3.8) is 0 Å². The molecule has 1 amide bonds. The number of thiazole rings is 1. The summed E-state index contributed by atoms with van der Waals surface area (Å²) in [6.07, 6.45) is 1.83. The van der Waals surface area contributed by atoms with Crippen LogP contribution in [0, 0.1) is 13.8 Å². The van der Waals surface area contributed by atoms with E-state index in [1.54, 1.807) is 12.1 Å². The Labute approximate surface area is 163 Å². The van der Waals surface area contributed by atoms with Gasteiger partial charge in [0, 0.05) is 17.6 Å². The maximum absolute atomic E-state index is 12.6. The number of amides is 1. The predicted molar refractivity (Wildman–Crippen MR) is 108 cm³/mol. The van der Waals surface area contributed by atoms with Gasteiger partial charge < -0.3 is 0 Å². The van der Waals surface area contributed by atoms with E-state index in [1.165, 1.54) is 34.6 Å². The number of carbonyl (C=O) groups is 1. The standard InChI is InChI=1S/C20H20N2O3S2/c1-13-8-10-15(11-9-13)12-17-14(2)21-20(26-17)22-19(23)16-6-4-5-7-18(16)27(3,24)25/h4-11H,12H2,1-3H3,(H,21,22,23). The smallest absolute Gasteiger partial charge is 0.258 e. The van der Waals surface area contributed by atoms with Gasteiger partial charge in [-0.3, -0.25) is 10.1 Å². The molecule has 0 spiro atoms. The first-order valence-electron chi connectivity index (χ1n) is 8.36. The zero-order valence-electron chi connectivity index (χ0n) is 15.3. The molecule has 0 radical (unpaired) electrons. The van der Waals surface area contributed by atoms with E-state index >= 15 is 0 Å². The van der Waals surface area contributed by atoms with E-state index in [4.69, 9.17) is 0 Å². The van der Waals surface area contributed by atoms with Crippen LogP contribution in [0.15, 0.2) is 53.4 Å². The first-order chi connectivity index (χ1) is 12.7. The van der Waals surface area contributed by atoms with Crippen LogP contribution in [0.4, 0.5) is 5.13 Å². The molecule has 0 bridgehead atoms. The fourth-order valence-electron chi connectivity index (χ4n) is 2.68. The summed E-state index contributed by atoms with van der Waals surface area (Å²) in [7, 11) is -3.50. The summed E-state index contributed by atoms with van der Waals surface area (Å²) in [5, 5.41) is 3.19. The van der Waals surface area contributed by atoms with Crippen LogP contribution >= 0.6 is 11.3 Å². The molecule has 2 aromatic carbocycles. The average molecular weight is 401 g/mol. The number of sulfone groups is 1. The number of hydrogen-bond acceptors (Lipinski definition) is 5. The highest BCUT2D eigenvalue weighted by atomic mass is 32.2. The molecule has 140 valence electrons. The van der Waals surface area contributed by atoms with Crippen LogP contribution < -0.4 is 5.32 Å². The van der Waals surface area contributed by atoms with Gasteiger partial charge in [-0.15, -0.1) is 11.3 Å². The summed E-state index contributed by atoms with van der Waals surface area (Å²) in [5.41, 5.74) is 3.35. The monoisotopic (exact) mass is 400 g/mol. The number of aromatic nitrogens is 1. The minimum absolute atomic E-state index is 0.00987. The maximum Gasteiger partial charge on any atom is 0.258 e. The molecule has 5 nitrogen and oxygen atoms in total. The van der Waals surface area contributed by atoms with Gasteiger partial charge in [-0.25, -0.2) is 13.4 Å². The van der Waals surface area contributed by atoms with Gasteiger partial charge in [0.15, 0.2) is 15.0 Å². The quantitative estimate of drug-likeness (QED) is 0.702. The van der Waals surface area contributed by atoms with Crippen LogP contribution in [0.2, 0.25) is 0 Å². The normalized spacial score (nSPS) is 11.4. The minimum atomic E-state index is -3.50. The number of aryl methyl sites for hydroxylation is 2. The first kappa shape index (κ1) is 19.3. The molecular formula is C20H20N2O3S2. The van der Waals surface area contributed by atoms with Crippen molar-refractivity contribution in [1.29, 1.82) is 0 Å². The van der Waals surface area contributed by atoms with Crippen LogP contribution in [-0.4, -0.2) is 25.6 Å². The highest BCUT2D eigenvalue weighted by Gasteiger charge is 2.19. The molecule has 0 saturated carbocycles. The average Bonchev–Trinajstić information content (AvgIpc) is 2.95. The Morgan fingerprint density at radius 1 is 1.07 bits per heavy atom. The van der Waals surface area contributed by atoms with Crippen LogP contribution in [0.5, 0.6) is 0 Å². The Hall–Kier alpha value is -2.51. The molecule has 0 atom stereocenters. The van der Waals surface area contributed by atoms with E-state index in [0.717, 1.165) is 23.2 Å². The summed E-state index contributed by atoms with van der Waals surface area (Å²) in [5.74, 6) is -0.480. The lowest BCUT2D eigenvalue weighted by molar-refractivity contribution is 0.102. The number of carbonyl (C=O) groups excluding carboxylic acids is 1. The van der Waals surface area contributed by atoms with Gasteiger partial charge in [-0.2, -0.15) is 0 Å². The maximum atomic E-state index is 12.6. The van der Waals surface area contributed by atoms with Crippen molar-refractivity contribution in [1.82, 2.24) is 4.98 Å². The van der Waals surface area contributed by atoms with Crippen molar-refractivity contribution in [3.05, 3.63) is 75.8 Å². The van der Waals surface area contributed by atoms with E-state index in [1.807, 2.05) is 13.8 Å². The molecule has 27 heavy (non-hydrogen) atoms. The van der Waals surface area contributed by atoms with Crippen molar-refractivity contribution in [2.45, 2.75) is 25.2 Å². The van der Waals surface area contributed by atoms with E-state index in [9.17, 15) is 13.2 Å². The molecule has 3 aromatic rings. The van der Waals surface area contributed by atoms with Gasteiger partial charge in [0.1, 0.15) is 0 Å². The van der Waals surface area contributed by atoms with Crippen molar-refractivity contribution < 1.29 is 13.2 Å². The number of rotatable bonds is 5. The second-order valence-corrected chi connectivity index (χ2v) is 9.48. The Kier molecular flexibility index (Phi) is 5.43. The van der Waals surface area contributed by atoms with Gasteiger partial charge in [0.25, 0.3) is 5.91 Å². The topological polar surface area (TPSA) is 76.1 Å². The van der Waals surface area contributed by atoms with Gasteiger partial charge in [-0.1, -0.05) is 42.0 Å². The van der Waals surface area contributed by atoms with Crippen LogP contribution in [-0.2, 0) is 16.3 Å². The van der Waals surface area contributed by atoms with Crippen molar-refractivity contribution >= 4 is 32.2 Å². The molecule has 0 saturated heterocycles. The van der Waals surface area contributed by atoms with Crippen LogP contribution in [0.25, 0.3) is 0 Å². The third-order valence-corrected chi connectivity index (χ3v) is 6.36. The Balaban J connectivity index is 1.81. The van der Waals surface area contributed by atoms with Crippen molar-refractivity contribution in [3.8, 4) is 0 Å².